The second-order valence-corrected chi connectivity index (χ2v) is 5.22. The van der Waals surface area contributed by atoms with E-state index in [4.69, 9.17) is 0 Å². The number of hydrogen-bond donors (Lipinski definition) is 1. The van der Waals surface area contributed by atoms with Crippen LogP contribution >= 0.6 is 0 Å². The smallest absolute Gasteiger partial charge is 0.126 e. The van der Waals surface area contributed by atoms with Crippen molar-refractivity contribution in [3.8, 4) is 0 Å². The average Bonchev–Trinajstić information content (AvgIpc) is 2.75. The Morgan fingerprint density at radius 2 is 2.16 bits per heavy atom. The van der Waals surface area contributed by atoms with E-state index in [-0.39, 0.29) is 5.82 Å². The molecule has 0 amide bonds. The molecular formula is C15H18FN3. The zero-order valence-corrected chi connectivity index (χ0v) is 11.0. The first-order valence-corrected chi connectivity index (χ1v) is 6.68. The van der Waals surface area contributed by atoms with Crippen molar-refractivity contribution in [3.05, 3.63) is 53.9 Å². The summed E-state index contributed by atoms with van der Waals surface area (Å²) in [5, 5.41) is 3.48. The highest BCUT2D eigenvalue weighted by atomic mass is 19.1. The van der Waals surface area contributed by atoms with Gasteiger partial charge in [0.25, 0.3) is 0 Å². The lowest BCUT2D eigenvalue weighted by molar-refractivity contribution is 0.281. The van der Waals surface area contributed by atoms with Crippen molar-refractivity contribution in [1.82, 2.24) is 14.9 Å². The normalized spacial score (nSPS) is 22.2. The first kappa shape index (κ1) is 12.4. The molecule has 4 heteroatoms. The van der Waals surface area contributed by atoms with Crippen molar-refractivity contribution in [2.75, 3.05) is 0 Å². The van der Waals surface area contributed by atoms with Gasteiger partial charge in [0, 0.05) is 25.5 Å². The standard InChI is InChI=1S/C15H18FN3/c1-19-7-6-17-15(19)10-18-12-8-11(9-12)13-4-2-3-5-14(13)16/h2-7,11-12,18H,8-10H2,1H3. The molecule has 1 saturated carbocycles. The molecule has 1 aliphatic carbocycles. The molecule has 3 nitrogen and oxygen atoms in total. The van der Waals surface area contributed by atoms with Crippen LogP contribution in [0.15, 0.2) is 36.7 Å². The van der Waals surface area contributed by atoms with E-state index in [1.807, 2.05) is 29.9 Å². The van der Waals surface area contributed by atoms with Gasteiger partial charge in [-0.05, 0) is 30.4 Å². The Morgan fingerprint density at radius 1 is 1.37 bits per heavy atom. The van der Waals surface area contributed by atoms with Gasteiger partial charge in [0.1, 0.15) is 11.6 Å². The summed E-state index contributed by atoms with van der Waals surface area (Å²) in [6, 6.07) is 7.57. The van der Waals surface area contributed by atoms with Gasteiger partial charge >= 0.3 is 0 Å². The summed E-state index contributed by atoms with van der Waals surface area (Å²) in [6.07, 6.45) is 5.76. The van der Waals surface area contributed by atoms with Crippen molar-refractivity contribution in [3.63, 3.8) is 0 Å². The van der Waals surface area contributed by atoms with E-state index in [9.17, 15) is 4.39 Å². The summed E-state index contributed by atoms with van der Waals surface area (Å²) in [6.45, 7) is 0.776. The molecule has 19 heavy (non-hydrogen) atoms. The Hall–Kier alpha value is -1.68. The number of rotatable bonds is 4. The van der Waals surface area contributed by atoms with Gasteiger partial charge in [-0.15, -0.1) is 0 Å². The van der Waals surface area contributed by atoms with Gasteiger partial charge in [0.15, 0.2) is 0 Å². The molecule has 1 aromatic heterocycles. The van der Waals surface area contributed by atoms with Crippen molar-refractivity contribution in [1.29, 1.82) is 0 Å². The number of hydrogen-bond acceptors (Lipinski definition) is 2. The molecule has 0 spiro atoms. The van der Waals surface area contributed by atoms with E-state index in [0.29, 0.717) is 12.0 Å². The van der Waals surface area contributed by atoms with Crippen molar-refractivity contribution in [2.45, 2.75) is 31.3 Å². The minimum absolute atomic E-state index is 0.0740. The Bertz CT molecular complexity index is 558. The van der Waals surface area contributed by atoms with Gasteiger partial charge in [-0.2, -0.15) is 0 Å². The third-order valence-corrected chi connectivity index (χ3v) is 3.95. The van der Waals surface area contributed by atoms with E-state index in [0.717, 1.165) is 30.8 Å². The summed E-state index contributed by atoms with van der Waals surface area (Å²) in [5.41, 5.74) is 0.859. The summed E-state index contributed by atoms with van der Waals surface area (Å²) in [4.78, 5) is 4.28. The molecule has 3 rings (SSSR count). The van der Waals surface area contributed by atoms with Crippen LogP contribution in [0, 0.1) is 5.82 Å². The van der Waals surface area contributed by atoms with Crippen molar-refractivity contribution < 1.29 is 4.39 Å². The number of nitrogens with one attached hydrogen (secondary N) is 1. The van der Waals surface area contributed by atoms with Crippen LogP contribution in [0.1, 0.15) is 30.1 Å². The fourth-order valence-corrected chi connectivity index (χ4v) is 2.65. The Kier molecular flexibility index (Phi) is 3.34. The maximum absolute atomic E-state index is 13.6. The lowest BCUT2D eigenvalue weighted by Gasteiger charge is -2.36. The van der Waals surface area contributed by atoms with E-state index in [1.165, 1.54) is 0 Å². The van der Waals surface area contributed by atoms with Crippen LogP contribution in [-0.4, -0.2) is 15.6 Å². The van der Waals surface area contributed by atoms with Crippen LogP contribution in [0.4, 0.5) is 4.39 Å². The highest BCUT2D eigenvalue weighted by Gasteiger charge is 2.31. The molecule has 2 aromatic rings. The van der Waals surface area contributed by atoms with E-state index in [1.54, 1.807) is 18.3 Å². The molecule has 0 atom stereocenters. The second kappa shape index (κ2) is 5.13. The van der Waals surface area contributed by atoms with Crippen LogP contribution in [0.25, 0.3) is 0 Å². The minimum atomic E-state index is -0.0740. The molecule has 100 valence electrons. The average molecular weight is 259 g/mol. The first-order chi connectivity index (χ1) is 9.24. The highest BCUT2D eigenvalue weighted by Crippen LogP contribution is 2.37. The molecule has 0 saturated heterocycles. The predicted octanol–water partition coefficient (Wildman–Crippen LogP) is 2.60. The zero-order chi connectivity index (χ0) is 13.2. The van der Waals surface area contributed by atoms with Gasteiger partial charge in [-0.3, -0.25) is 0 Å². The minimum Gasteiger partial charge on any atom is -0.337 e. The Balaban J connectivity index is 1.51. The maximum Gasteiger partial charge on any atom is 0.126 e. The second-order valence-electron chi connectivity index (χ2n) is 5.22. The summed E-state index contributed by atoms with van der Waals surface area (Å²) in [7, 11) is 1.99. The van der Waals surface area contributed by atoms with Gasteiger partial charge in [-0.25, -0.2) is 9.37 Å². The molecule has 1 heterocycles. The number of aryl methyl sites for hydroxylation is 1. The molecule has 1 N–H and O–H groups in total. The van der Waals surface area contributed by atoms with Gasteiger partial charge in [0.05, 0.1) is 6.54 Å². The van der Waals surface area contributed by atoms with Crippen molar-refractivity contribution >= 4 is 0 Å². The van der Waals surface area contributed by atoms with Gasteiger partial charge in [-0.1, -0.05) is 18.2 Å². The quantitative estimate of drug-likeness (QED) is 0.914. The molecule has 0 unspecified atom stereocenters. The predicted molar refractivity (Wildman–Crippen MR) is 72.2 cm³/mol. The summed E-state index contributed by atoms with van der Waals surface area (Å²) in [5.74, 6) is 1.32. The van der Waals surface area contributed by atoms with Gasteiger partial charge < -0.3 is 9.88 Å². The summed E-state index contributed by atoms with van der Waals surface area (Å²) >= 11 is 0. The van der Waals surface area contributed by atoms with Crippen LogP contribution in [0.5, 0.6) is 0 Å². The number of nitrogens with zero attached hydrogens (tertiary/aromatic N) is 2. The fraction of sp³-hybridized carbons (Fsp3) is 0.400. The monoisotopic (exact) mass is 259 g/mol. The maximum atomic E-state index is 13.6. The third kappa shape index (κ3) is 2.54. The van der Waals surface area contributed by atoms with Gasteiger partial charge in [0.2, 0.25) is 0 Å². The molecule has 1 aliphatic rings. The largest absolute Gasteiger partial charge is 0.337 e. The lowest BCUT2D eigenvalue weighted by atomic mass is 9.75. The Morgan fingerprint density at radius 3 is 2.84 bits per heavy atom. The SMILES string of the molecule is Cn1ccnc1CNC1CC(c2ccccc2F)C1. The third-order valence-electron chi connectivity index (χ3n) is 3.95. The Labute approximate surface area is 112 Å². The van der Waals surface area contributed by atoms with Crippen LogP contribution in [0.2, 0.25) is 0 Å². The lowest BCUT2D eigenvalue weighted by Crippen LogP contribution is -2.40. The number of aromatic nitrogens is 2. The molecule has 0 bridgehead atoms. The molecule has 1 fully saturated rings. The van der Waals surface area contributed by atoms with E-state index in [2.05, 4.69) is 10.3 Å². The molecule has 0 radical (unpaired) electrons. The molecular weight excluding hydrogens is 241 g/mol. The van der Waals surface area contributed by atoms with Crippen molar-refractivity contribution in [2.24, 2.45) is 7.05 Å². The van der Waals surface area contributed by atoms with E-state index < -0.39 is 0 Å². The highest BCUT2D eigenvalue weighted by molar-refractivity contribution is 5.24. The first-order valence-electron chi connectivity index (χ1n) is 6.68. The number of benzene rings is 1. The molecule has 1 aromatic carbocycles. The zero-order valence-electron chi connectivity index (χ0n) is 11.0. The topological polar surface area (TPSA) is 29.9 Å². The van der Waals surface area contributed by atoms with E-state index >= 15 is 0 Å². The number of halogens is 1. The van der Waals surface area contributed by atoms with Crippen LogP contribution in [0.3, 0.4) is 0 Å². The molecule has 0 aliphatic heterocycles. The van der Waals surface area contributed by atoms with Crippen LogP contribution < -0.4 is 5.32 Å². The number of imidazole rings is 1. The van der Waals surface area contributed by atoms with Crippen LogP contribution in [-0.2, 0) is 13.6 Å². The summed E-state index contributed by atoms with van der Waals surface area (Å²) < 4.78 is 15.6. The fourth-order valence-electron chi connectivity index (χ4n) is 2.65.